The molecule has 0 spiro atoms. The largest absolute Gasteiger partial charge is 0.379 e. The Balaban J connectivity index is 1.85. The number of nitrogens with one attached hydrogen (secondary N) is 1. The van der Waals surface area contributed by atoms with E-state index < -0.39 is 10.1 Å². The fraction of sp³-hybridized carbons (Fsp3) is 0.0588. The minimum atomic E-state index is -3.92. The molecule has 1 fully saturated rings. The quantitative estimate of drug-likeness (QED) is 0.490. The second kappa shape index (κ2) is 6.99. The van der Waals surface area contributed by atoms with Crippen LogP contribution in [-0.2, 0) is 14.9 Å². The SMILES string of the molecule is Cc1ccc(S(=O)(=O)Oc2cccc(/C=C3\SC(=S)NC3=O)c2)cc1. The average molecular weight is 391 g/mol. The van der Waals surface area contributed by atoms with Crippen molar-refractivity contribution in [1.29, 1.82) is 0 Å². The molecule has 25 heavy (non-hydrogen) atoms. The number of carbonyl (C=O) groups is 1. The van der Waals surface area contributed by atoms with Gasteiger partial charge in [-0.2, -0.15) is 8.42 Å². The van der Waals surface area contributed by atoms with Crippen molar-refractivity contribution in [3.8, 4) is 5.75 Å². The zero-order valence-electron chi connectivity index (χ0n) is 13.1. The van der Waals surface area contributed by atoms with Crippen LogP contribution in [0.25, 0.3) is 6.08 Å². The first-order chi connectivity index (χ1) is 11.8. The molecule has 0 atom stereocenters. The van der Waals surface area contributed by atoms with E-state index in [0.29, 0.717) is 14.8 Å². The molecule has 2 aromatic carbocycles. The van der Waals surface area contributed by atoms with E-state index in [1.165, 1.54) is 12.1 Å². The molecule has 1 heterocycles. The maximum Gasteiger partial charge on any atom is 0.339 e. The van der Waals surface area contributed by atoms with E-state index >= 15 is 0 Å². The van der Waals surface area contributed by atoms with Gasteiger partial charge in [-0.3, -0.25) is 4.79 Å². The van der Waals surface area contributed by atoms with E-state index in [2.05, 4.69) is 5.32 Å². The zero-order chi connectivity index (χ0) is 18.0. The molecule has 0 unspecified atom stereocenters. The summed E-state index contributed by atoms with van der Waals surface area (Å²) in [6.45, 7) is 1.87. The topological polar surface area (TPSA) is 72.5 Å². The van der Waals surface area contributed by atoms with Crippen LogP contribution in [0.5, 0.6) is 5.75 Å². The predicted molar refractivity (Wildman–Crippen MR) is 102 cm³/mol. The summed E-state index contributed by atoms with van der Waals surface area (Å²) in [7, 11) is -3.92. The van der Waals surface area contributed by atoms with Gasteiger partial charge in [-0.15, -0.1) is 0 Å². The van der Waals surface area contributed by atoms with Gasteiger partial charge in [-0.1, -0.05) is 53.8 Å². The number of thioether (sulfide) groups is 1. The summed E-state index contributed by atoms with van der Waals surface area (Å²) in [6, 6.07) is 12.9. The van der Waals surface area contributed by atoms with Gasteiger partial charge in [0.15, 0.2) is 0 Å². The maximum atomic E-state index is 12.3. The van der Waals surface area contributed by atoms with Gasteiger partial charge in [0.2, 0.25) is 0 Å². The second-order valence-corrected chi connectivity index (χ2v) is 8.54. The summed E-state index contributed by atoms with van der Waals surface area (Å²) in [5.41, 5.74) is 1.59. The van der Waals surface area contributed by atoms with Gasteiger partial charge < -0.3 is 9.50 Å². The molecular weight excluding hydrogens is 378 g/mol. The molecule has 0 aliphatic carbocycles. The molecule has 5 nitrogen and oxygen atoms in total. The Kier molecular flexibility index (Phi) is 4.94. The number of carbonyl (C=O) groups excluding carboxylic acids is 1. The Bertz CT molecular complexity index is 979. The first kappa shape index (κ1) is 17.7. The molecule has 1 N–H and O–H groups in total. The van der Waals surface area contributed by atoms with Gasteiger partial charge in [-0.05, 0) is 42.8 Å². The molecule has 0 radical (unpaired) electrons. The number of hydrogen-bond acceptors (Lipinski definition) is 6. The fourth-order valence-corrected chi connectivity index (χ4v) is 4.08. The van der Waals surface area contributed by atoms with Gasteiger partial charge in [0, 0.05) is 0 Å². The first-order valence-electron chi connectivity index (χ1n) is 7.19. The molecule has 0 bridgehead atoms. The molecule has 128 valence electrons. The van der Waals surface area contributed by atoms with E-state index in [1.54, 1.807) is 42.5 Å². The summed E-state index contributed by atoms with van der Waals surface area (Å²) in [6.07, 6.45) is 1.63. The Morgan fingerprint density at radius 2 is 1.88 bits per heavy atom. The monoisotopic (exact) mass is 391 g/mol. The molecule has 2 aromatic rings. The van der Waals surface area contributed by atoms with Crippen molar-refractivity contribution in [2.24, 2.45) is 0 Å². The van der Waals surface area contributed by atoms with E-state index in [1.807, 2.05) is 6.92 Å². The number of hydrogen-bond donors (Lipinski definition) is 1. The highest BCUT2D eigenvalue weighted by atomic mass is 32.2. The van der Waals surface area contributed by atoms with Crippen molar-refractivity contribution < 1.29 is 17.4 Å². The van der Waals surface area contributed by atoms with Gasteiger partial charge >= 0.3 is 10.1 Å². The lowest BCUT2D eigenvalue weighted by Gasteiger charge is -2.08. The van der Waals surface area contributed by atoms with Crippen LogP contribution in [0.4, 0.5) is 0 Å². The van der Waals surface area contributed by atoms with Crippen LogP contribution in [0.15, 0.2) is 58.3 Å². The standard InChI is InChI=1S/C17H13NO4S3/c1-11-5-7-14(8-6-11)25(20,21)22-13-4-2-3-12(9-13)10-15-16(19)18-17(23)24-15/h2-10H,1H3,(H,18,19,23)/b15-10-. The van der Waals surface area contributed by atoms with Gasteiger partial charge in [0.05, 0.1) is 4.91 Å². The van der Waals surface area contributed by atoms with Crippen LogP contribution in [0.1, 0.15) is 11.1 Å². The normalized spacial score (nSPS) is 16.1. The fourth-order valence-electron chi connectivity index (χ4n) is 2.11. The summed E-state index contributed by atoms with van der Waals surface area (Å²) >= 11 is 6.09. The number of rotatable bonds is 4. The van der Waals surface area contributed by atoms with Crippen molar-refractivity contribution in [2.45, 2.75) is 11.8 Å². The molecule has 0 aromatic heterocycles. The number of aryl methyl sites for hydroxylation is 1. The zero-order valence-corrected chi connectivity index (χ0v) is 15.5. The van der Waals surface area contributed by atoms with Gasteiger partial charge in [0.25, 0.3) is 5.91 Å². The minimum Gasteiger partial charge on any atom is -0.379 e. The highest BCUT2D eigenvalue weighted by Crippen LogP contribution is 2.27. The maximum absolute atomic E-state index is 12.3. The minimum absolute atomic E-state index is 0.0814. The summed E-state index contributed by atoms with van der Waals surface area (Å²) < 4.78 is 30.3. The highest BCUT2D eigenvalue weighted by molar-refractivity contribution is 8.26. The van der Waals surface area contributed by atoms with Crippen molar-refractivity contribution in [3.05, 3.63) is 64.6 Å². The summed E-state index contributed by atoms with van der Waals surface area (Å²) in [4.78, 5) is 12.2. The lowest BCUT2D eigenvalue weighted by molar-refractivity contribution is -0.115. The number of thiocarbonyl (C=S) groups is 1. The van der Waals surface area contributed by atoms with E-state index in [0.717, 1.165) is 17.3 Å². The summed E-state index contributed by atoms with van der Waals surface area (Å²) in [5, 5.41) is 2.53. The molecular formula is C17H13NO4S3. The third-order valence-corrected chi connectivity index (χ3v) is 5.74. The lowest BCUT2D eigenvalue weighted by atomic mass is 10.2. The smallest absolute Gasteiger partial charge is 0.339 e. The Morgan fingerprint density at radius 3 is 2.52 bits per heavy atom. The van der Waals surface area contributed by atoms with Crippen LogP contribution in [0, 0.1) is 6.92 Å². The third-order valence-electron chi connectivity index (χ3n) is 3.31. The molecule has 1 aliphatic heterocycles. The highest BCUT2D eigenvalue weighted by Gasteiger charge is 2.22. The van der Waals surface area contributed by atoms with Crippen LogP contribution in [0.3, 0.4) is 0 Å². The molecule has 1 saturated heterocycles. The van der Waals surface area contributed by atoms with E-state index in [9.17, 15) is 13.2 Å². The van der Waals surface area contributed by atoms with Crippen molar-refractivity contribution >= 4 is 50.4 Å². The van der Waals surface area contributed by atoms with Crippen molar-refractivity contribution in [3.63, 3.8) is 0 Å². The lowest BCUT2D eigenvalue weighted by Crippen LogP contribution is -2.17. The van der Waals surface area contributed by atoms with Crippen LogP contribution in [0.2, 0.25) is 0 Å². The third kappa shape index (κ3) is 4.28. The second-order valence-electron chi connectivity index (χ2n) is 5.28. The van der Waals surface area contributed by atoms with E-state index in [-0.39, 0.29) is 16.6 Å². The van der Waals surface area contributed by atoms with Crippen LogP contribution in [-0.4, -0.2) is 18.6 Å². The van der Waals surface area contributed by atoms with E-state index in [4.69, 9.17) is 16.4 Å². The predicted octanol–water partition coefficient (Wildman–Crippen LogP) is 3.25. The number of amides is 1. The van der Waals surface area contributed by atoms with Crippen molar-refractivity contribution in [1.82, 2.24) is 5.32 Å². The Hall–Kier alpha value is -2.16. The Morgan fingerprint density at radius 1 is 1.16 bits per heavy atom. The van der Waals surface area contributed by atoms with Crippen LogP contribution >= 0.6 is 24.0 Å². The molecule has 1 amide bonds. The first-order valence-corrected chi connectivity index (χ1v) is 9.83. The summed E-state index contributed by atoms with van der Waals surface area (Å²) in [5.74, 6) is -0.102. The molecule has 1 aliphatic rings. The van der Waals surface area contributed by atoms with Crippen LogP contribution < -0.4 is 9.50 Å². The molecule has 3 rings (SSSR count). The number of benzene rings is 2. The molecule has 8 heteroatoms. The van der Waals surface area contributed by atoms with Gasteiger partial charge in [-0.25, -0.2) is 0 Å². The van der Waals surface area contributed by atoms with Crippen molar-refractivity contribution in [2.75, 3.05) is 0 Å². The molecule has 0 saturated carbocycles. The average Bonchev–Trinajstić information content (AvgIpc) is 2.85. The van der Waals surface area contributed by atoms with Gasteiger partial charge in [0.1, 0.15) is 15.0 Å². The Labute approximate surface area is 155 Å².